The first-order chi connectivity index (χ1) is 17.1. The monoisotopic (exact) mass is 498 g/mol. The molecular weight excluding hydrogens is 461 g/mol. The summed E-state index contributed by atoms with van der Waals surface area (Å²) >= 11 is 0. The molecule has 4 N–H and O–H groups in total. The molecule has 2 fully saturated rings. The second-order valence-corrected chi connectivity index (χ2v) is 10.3. The molecule has 1 amide bonds. The predicted molar refractivity (Wildman–Crippen MR) is 140 cm³/mol. The van der Waals surface area contributed by atoms with Crippen molar-refractivity contribution in [3.05, 3.63) is 53.4 Å². The van der Waals surface area contributed by atoms with Gasteiger partial charge in [0.2, 0.25) is 0 Å². The molecule has 1 aliphatic carbocycles. The van der Waals surface area contributed by atoms with Gasteiger partial charge in [0, 0.05) is 37.4 Å². The van der Waals surface area contributed by atoms with Gasteiger partial charge in [-0.3, -0.25) is 15.1 Å². The number of fused-ring (bicyclic) bond motifs is 1. The van der Waals surface area contributed by atoms with E-state index in [1.165, 1.54) is 0 Å². The van der Waals surface area contributed by atoms with Crippen LogP contribution in [0.3, 0.4) is 0 Å². The van der Waals surface area contributed by atoms with E-state index in [1.54, 1.807) is 36.4 Å². The van der Waals surface area contributed by atoms with E-state index >= 15 is 0 Å². The average Bonchev–Trinajstić information content (AvgIpc) is 2.84. The van der Waals surface area contributed by atoms with Crippen LogP contribution in [0.1, 0.15) is 39.2 Å². The Bertz CT molecular complexity index is 1090. The number of hydrogen-bond donors (Lipinski definition) is 2. The zero-order valence-corrected chi connectivity index (χ0v) is 21.5. The SMILES string of the molecule is CC(C)C([OH2+])=NC(=N)c1ccc(NC(=O)C2CCC3=CC(F)=CC(N4CCN(C)CC4)C3(C)O2)cc1. The number of anilines is 1. The molecule has 0 bridgehead atoms. The normalized spacial score (nSPS) is 27.8. The van der Waals surface area contributed by atoms with E-state index in [4.69, 9.17) is 15.3 Å². The third kappa shape index (κ3) is 5.58. The molecule has 2 heterocycles. The Morgan fingerprint density at radius 3 is 2.56 bits per heavy atom. The van der Waals surface area contributed by atoms with Gasteiger partial charge in [0.1, 0.15) is 17.5 Å². The fourth-order valence-corrected chi connectivity index (χ4v) is 4.95. The predicted octanol–water partition coefficient (Wildman–Crippen LogP) is 3.08. The Balaban J connectivity index is 1.44. The summed E-state index contributed by atoms with van der Waals surface area (Å²) in [6, 6.07) is 6.59. The molecule has 8 nitrogen and oxygen atoms in total. The number of allylic oxidation sites excluding steroid dienone is 2. The second kappa shape index (κ2) is 10.6. The van der Waals surface area contributed by atoms with Crippen LogP contribution in [0.4, 0.5) is 10.1 Å². The van der Waals surface area contributed by atoms with Crippen LogP contribution < -0.4 is 5.32 Å². The molecule has 2 saturated heterocycles. The number of amidine groups is 1. The minimum atomic E-state index is -0.771. The number of aliphatic imine (C=N–C) groups is 1. The number of hydrogen-bond acceptors (Lipinski definition) is 5. The van der Waals surface area contributed by atoms with E-state index in [0.717, 1.165) is 31.8 Å². The highest BCUT2D eigenvalue weighted by Gasteiger charge is 2.48. The number of carbonyl (C=O) groups excluding carboxylic acids is 1. The highest BCUT2D eigenvalue weighted by Crippen LogP contribution is 2.42. The van der Waals surface area contributed by atoms with Gasteiger partial charge in [-0.05, 0) is 82.7 Å². The van der Waals surface area contributed by atoms with E-state index in [1.807, 2.05) is 20.8 Å². The quantitative estimate of drug-likeness (QED) is 0.370. The number of rotatable bonds is 5. The van der Waals surface area contributed by atoms with Crippen LogP contribution in [0.2, 0.25) is 0 Å². The molecule has 1 aromatic rings. The number of piperazine rings is 1. The smallest absolute Gasteiger partial charge is 0.335 e. The molecular formula is C27H37FN5O3+. The molecule has 0 aromatic heterocycles. The van der Waals surface area contributed by atoms with Crippen LogP contribution >= 0.6 is 0 Å². The van der Waals surface area contributed by atoms with Gasteiger partial charge in [0.15, 0.2) is 5.84 Å². The van der Waals surface area contributed by atoms with Crippen molar-refractivity contribution in [3.8, 4) is 0 Å². The van der Waals surface area contributed by atoms with Crippen LogP contribution in [0.5, 0.6) is 0 Å². The molecule has 3 aliphatic rings. The van der Waals surface area contributed by atoms with E-state index < -0.39 is 11.7 Å². The van der Waals surface area contributed by atoms with Crippen molar-refractivity contribution in [1.29, 1.82) is 5.41 Å². The summed E-state index contributed by atoms with van der Waals surface area (Å²) in [5.41, 5.74) is 1.29. The molecule has 1 aromatic carbocycles. The summed E-state index contributed by atoms with van der Waals surface area (Å²) in [5.74, 6) is -0.359. The third-order valence-electron chi connectivity index (χ3n) is 7.32. The van der Waals surface area contributed by atoms with E-state index in [9.17, 15) is 9.18 Å². The Morgan fingerprint density at radius 1 is 1.25 bits per heavy atom. The second-order valence-electron chi connectivity index (χ2n) is 10.3. The van der Waals surface area contributed by atoms with Crippen LogP contribution in [0.15, 0.2) is 52.8 Å². The molecule has 4 rings (SSSR count). The van der Waals surface area contributed by atoms with E-state index in [-0.39, 0.29) is 35.4 Å². The topological polar surface area (TPSA) is 104 Å². The van der Waals surface area contributed by atoms with Gasteiger partial charge < -0.3 is 20.1 Å². The minimum absolute atomic E-state index is 0.0157. The van der Waals surface area contributed by atoms with Gasteiger partial charge in [0.25, 0.3) is 5.91 Å². The zero-order valence-electron chi connectivity index (χ0n) is 21.5. The fraction of sp³-hybridized carbons (Fsp3) is 0.519. The van der Waals surface area contributed by atoms with E-state index in [2.05, 4.69) is 27.2 Å². The maximum absolute atomic E-state index is 14.5. The summed E-state index contributed by atoms with van der Waals surface area (Å²) in [6.45, 7) is 9.14. The summed E-state index contributed by atoms with van der Waals surface area (Å²) in [4.78, 5) is 21.7. The number of likely N-dealkylation sites (N-methyl/N-ethyl adjacent to an activating group) is 1. The first-order valence-electron chi connectivity index (χ1n) is 12.6. The lowest BCUT2D eigenvalue weighted by atomic mass is 9.77. The summed E-state index contributed by atoms with van der Waals surface area (Å²) in [6.07, 6.45) is 3.62. The fourth-order valence-electron chi connectivity index (χ4n) is 4.95. The number of nitrogens with zero attached hydrogens (tertiary/aromatic N) is 3. The Hall–Kier alpha value is -2.88. The number of benzene rings is 1. The largest absolute Gasteiger partial charge is 0.582 e. The van der Waals surface area contributed by atoms with Crippen molar-refractivity contribution in [2.24, 2.45) is 10.9 Å². The first-order valence-corrected chi connectivity index (χ1v) is 12.6. The summed E-state index contributed by atoms with van der Waals surface area (Å²) < 4.78 is 21.0. The van der Waals surface area contributed by atoms with Gasteiger partial charge in [-0.25, -0.2) is 4.39 Å². The number of nitrogens with one attached hydrogen (secondary N) is 2. The highest BCUT2D eigenvalue weighted by molar-refractivity contribution is 6.03. The van der Waals surface area contributed by atoms with Gasteiger partial charge >= 0.3 is 5.90 Å². The molecule has 194 valence electrons. The number of amides is 1. The molecule has 36 heavy (non-hydrogen) atoms. The van der Waals surface area contributed by atoms with Crippen LogP contribution in [-0.2, 0) is 9.53 Å². The molecule has 9 heteroatoms. The molecule has 0 radical (unpaired) electrons. The standard InChI is InChI=1S/C27H36FN5O3/c1-17(2)25(34)31-24(29)18-5-8-21(9-6-18)30-26(35)22-10-7-19-15-20(28)16-23(27(19,3)36-22)33-13-11-32(4)12-14-33/h5-6,8-9,15-17,22-23H,7,10-14H2,1-4H3,(H,30,35)(H2,29,31,34)/p+1. The van der Waals surface area contributed by atoms with Crippen molar-refractivity contribution in [2.75, 3.05) is 38.5 Å². The van der Waals surface area contributed by atoms with E-state index in [0.29, 0.717) is 24.1 Å². The van der Waals surface area contributed by atoms with Crippen LogP contribution in [0, 0.1) is 11.3 Å². The third-order valence-corrected chi connectivity index (χ3v) is 7.32. The lowest BCUT2D eigenvalue weighted by molar-refractivity contribution is -0.151. The summed E-state index contributed by atoms with van der Waals surface area (Å²) in [7, 11) is 2.08. The zero-order chi connectivity index (χ0) is 26.0. The van der Waals surface area contributed by atoms with Crippen molar-refractivity contribution in [2.45, 2.75) is 51.4 Å². The molecule has 0 saturated carbocycles. The van der Waals surface area contributed by atoms with Gasteiger partial charge in [-0.1, -0.05) is 0 Å². The number of ether oxygens (including phenoxy) is 1. The van der Waals surface area contributed by atoms with Crippen LogP contribution in [-0.4, -0.2) is 83.5 Å². The maximum Gasteiger partial charge on any atom is 0.335 e. The maximum atomic E-state index is 14.5. The number of carbonyl (C=O) groups is 1. The first kappa shape index (κ1) is 26.2. The van der Waals surface area contributed by atoms with Crippen LogP contribution in [0.25, 0.3) is 0 Å². The van der Waals surface area contributed by atoms with Crippen molar-refractivity contribution >= 4 is 23.3 Å². The molecule has 0 spiro atoms. The van der Waals surface area contributed by atoms with Gasteiger partial charge in [0.05, 0.1) is 12.0 Å². The molecule has 3 atom stereocenters. The Labute approximate surface area is 212 Å². The highest BCUT2D eigenvalue weighted by atomic mass is 19.1. The van der Waals surface area contributed by atoms with Crippen molar-refractivity contribution in [1.82, 2.24) is 9.80 Å². The molecule has 3 unspecified atom stereocenters. The van der Waals surface area contributed by atoms with Crippen molar-refractivity contribution in [3.63, 3.8) is 0 Å². The van der Waals surface area contributed by atoms with Gasteiger partial charge in [-0.15, -0.1) is 4.99 Å². The number of halogens is 1. The average molecular weight is 499 g/mol. The van der Waals surface area contributed by atoms with Gasteiger partial charge in [-0.2, -0.15) is 0 Å². The van der Waals surface area contributed by atoms with Crippen molar-refractivity contribution < 1.29 is 19.0 Å². The lowest BCUT2D eigenvalue weighted by Crippen LogP contribution is -2.61. The Morgan fingerprint density at radius 2 is 1.92 bits per heavy atom. The molecule has 2 aliphatic heterocycles. The Kier molecular flexibility index (Phi) is 7.73. The lowest BCUT2D eigenvalue weighted by Gasteiger charge is -2.50. The summed E-state index contributed by atoms with van der Waals surface area (Å²) in [5, 5.41) is 18.9. The minimum Gasteiger partial charge on any atom is -0.582 e.